The molecule has 4 rings (SSSR count). The molecule has 148 valence electrons. The smallest absolute Gasteiger partial charge is 0.255 e. The number of amides is 1. The Balaban J connectivity index is 1.64. The monoisotopic (exact) mass is 401 g/mol. The lowest BCUT2D eigenvalue weighted by atomic mass is 10.1. The molecule has 0 N–H and O–H groups in total. The zero-order chi connectivity index (χ0) is 19.7. The first kappa shape index (κ1) is 18.9. The molecule has 28 heavy (non-hydrogen) atoms. The van der Waals surface area contributed by atoms with Crippen LogP contribution in [0.2, 0.25) is 0 Å². The highest BCUT2D eigenvalue weighted by Gasteiger charge is 2.42. The molecule has 0 spiro atoms. The van der Waals surface area contributed by atoms with Crippen molar-refractivity contribution in [1.29, 1.82) is 0 Å². The van der Waals surface area contributed by atoms with E-state index in [1.807, 2.05) is 6.92 Å². The van der Waals surface area contributed by atoms with Crippen LogP contribution < -0.4 is 4.74 Å². The van der Waals surface area contributed by atoms with Gasteiger partial charge in [0.1, 0.15) is 16.7 Å². The number of hydrogen-bond acceptors (Lipinski definition) is 5. The molecule has 2 aromatic rings. The highest BCUT2D eigenvalue weighted by atomic mass is 32.2. The quantitative estimate of drug-likeness (QED) is 0.770. The van der Waals surface area contributed by atoms with Gasteiger partial charge < -0.3 is 9.64 Å². The minimum atomic E-state index is -3.65. The van der Waals surface area contributed by atoms with Gasteiger partial charge >= 0.3 is 0 Å². The maximum atomic E-state index is 13.2. The summed E-state index contributed by atoms with van der Waals surface area (Å²) in [5, 5.41) is 0. The van der Waals surface area contributed by atoms with Crippen LogP contribution in [0.25, 0.3) is 0 Å². The first-order chi connectivity index (χ1) is 13.5. The average Bonchev–Trinajstić information content (AvgIpc) is 2.96. The number of sulfonamides is 1. The van der Waals surface area contributed by atoms with E-state index >= 15 is 0 Å². The second-order valence-corrected chi connectivity index (χ2v) is 8.85. The first-order valence-electron chi connectivity index (χ1n) is 9.49. The molecule has 0 saturated carbocycles. The third kappa shape index (κ3) is 3.27. The molecule has 0 radical (unpaired) electrons. The number of likely N-dealkylation sites (N-methyl/N-ethyl adjacent to an activating group) is 1. The number of pyridine rings is 1. The predicted molar refractivity (Wildman–Crippen MR) is 104 cm³/mol. The van der Waals surface area contributed by atoms with Crippen LogP contribution in [0.15, 0.2) is 53.7 Å². The molecule has 3 heterocycles. The molecule has 0 aliphatic carbocycles. The van der Waals surface area contributed by atoms with Gasteiger partial charge in [-0.15, -0.1) is 0 Å². The molecule has 1 aromatic heterocycles. The summed E-state index contributed by atoms with van der Waals surface area (Å²) in [6.45, 7) is 3.18. The number of hydrogen-bond donors (Lipinski definition) is 0. The fourth-order valence-electron chi connectivity index (χ4n) is 4.04. The Morgan fingerprint density at radius 1 is 1.18 bits per heavy atom. The molecule has 8 heteroatoms. The van der Waals surface area contributed by atoms with E-state index in [9.17, 15) is 13.2 Å². The second-order valence-electron chi connectivity index (χ2n) is 6.99. The van der Waals surface area contributed by atoms with E-state index in [4.69, 9.17) is 4.74 Å². The number of carbonyl (C=O) groups excluding carboxylic acids is 1. The molecule has 2 aliphatic heterocycles. The average molecular weight is 401 g/mol. The first-order valence-corrected chi connectivity index (χ1v) is 10.9. The summed E-state index contributed by atoms with van der Waals surface area (Å²) in [6, 6.07) is 9.95. The summed E-state index contributed by atoms with van der Waals surface area (Å²) < 4.78 is 34.1. The number of rotatable bonds is 2. The molecular formula is C20H23N3O4S. The van der Waals surface area contributed by atoms with Crippen LogP contribution in [-0.4, -0.2) is 60.3 Å². The lowest BCUT2D eigenvalue weighted by Crippen LogP contribution is -2.47. The molecule has 0 unspecified atom stereocenters. The fraction of sp³-hybridized carbons (Fsp3) is 0.400. The largest absolute Gasteiger partial charge is 0.487 e. The highest BCUT2D eigenvalue weighted by Crippen LogP contribution is 2.36. The van der Waals surface area contributed by atoms with Gasteiger partial charge in [0, 0.05) is 38.4 Å². The SMILES string of the molecule is CCN1[C@@H]2CCN(C(=O)c3cccnc3)CC[C@H]2Oc2ccccc2S1(=O)=O. The van der Waals surface area contributed by atoms with Crippen molar-refractivity contribution in [3.05, 3.63) is 54.4 Å². The van der Waals surface area contributed by atoms with Gasteiger partial charge in [-0.3, -0.25) is 9.78 Å². The molecule has 0 bridgehead atoms. The molecule has 2 atom stereocenters. The summed E-state index contributed by atoms with van der Waals surface area (Å²) >= 11 is 0. The van der Waals surface area contributed by atoms with E-state index < -0.39 is 10.0 Å². The minimum Gasteiger partial charge on any atom is -0.487 e. The number of fused-ring (bicyclic) bond motifs is 2. The molecule has 7 nitrogen and oxygen atoms in total. The Morgan fingerprint density at radius 3 is 2.71 bits per heavy atom. The lowest BCUT2D eigenvalue weighted by molar-refractivity contribution is 0.0754. The molecule has 1 amide bonds. The normalized spacial score (nSPS) is 24.2. The van der Waals surface area contributed by atoms with Crippen molar-refractivity contribution in [2.75, 3.05) is 19.6 Å². The van der Waals surface area contributed by atoms with Crippen molar-refractivity contribution in [2.45, 2.75) is 36.8 Å². The summed E-state index contributed by atoms with van der Waals surface area (Å²) in [7, 11) is -3.65. The highest BCUT2D eigenvalue weighted by molar-refractivity contribution is 7.89. The van der Waals surface area contributed by atoms with E-state index in [-0.39, 0.29) is 22.9 Å². The maximum absolute atomic E-state index is 13.2. The van der Waals surface area contributed by atoms with E-state index in [2.05, 4.69) is 4.98 Å². The van der Waals surface area contributed by atoms with Crippen LogP contribution >= 0.6 is 0 Å². The van der Waals surface area contributed by atoms with Gasteiger partial charge in [0.15, 0.2) is 0 Å². The third-order valence-electron chi connectivity index (χ3n) is 5.40. The minimum absolute atomic E-state index is 0.0872. The number of aromatic nitrogens is 1. The molecule has 1 fully saturated rings. The topological polar surface area (TPSA) is 79.8 Å². The zero-order valence-electron chi connectivity index (χ0n) is 15.7. The molecule has 1 saturated heterocycles. The molecule has 2 aliphatic rings. The van der Waals surface area contributed by atoms with Gasteiger partial charge in [0.05, 0.1) is 11.6 Å². The summed E-state index contributed by atoms with van der Waals surface area (Å²) in [5.74, 6) is 0.302. The van der Waals surface area contributed by atoms with E-state index in [1.54, 1.807) is 53.7 Å². The van der Waals surface area contributed by atoms with E-state index in [1.165, 1.54) is 4.31 Å². The number of para-hydroxylation sites is 1. The molecular weight excluding hydrogens is 378 g/mol. The number of carbonyl (C=O) groups is 1. The zero-order valence-corrected chi connectivity index (χ0v) is 16.5. The van der Waals surface area contributed by atoms with Crippen molar-refractivity contribution < 1.29 is 17.9 Å². The lowest BCUT2D eigenvalue weighted by Gasteiger charge is -2.30. The van der Waals surface area contributed by atoms with Crippen LogP contribution in [0.5, 0.6) is 5.75 Å². The van der Waals surface area contributed by atoms with Crippen molar-refractivity contribution in [3.8, 4) is 5.75 Å². The number of benzene rings is 1. The van der Waals surface area contributed by atoms with Crippen LogP contribution in [0, 0.1) is 0 Å². The van der Waals surface area contributed by atoms with Gasteiger partial charge in [-0.05, 0) is 30.7 Å². The van der Waals surface area contributed by atoms with Gasteiger partial charge in [-0.25, -0.2) is 8.42 Å². The van der Waals surface area contributed by atoms with E-state index in [0.717, 1.165) is 0 Å². The summed E-state index contributed by atoms with van der Waals surface area (Å²) in [5.41, 5.74) is 0.538. The third-order valence-corrected chi connectivity index (χ3v) is 7.44. The number of likely N-dealkylation sites (tertiary alicyclic amines) is 1. The Hall–Kier alpha value is -2.45. The van der Waals surface area contributed by atoms with Crippen LogP contribution in [0.3, 0.4) is 0 Å². The van der Waals surface area contributed by atoms with Crippen molar-refractivity contribution >= 4 is 15.9 Å². The standard InChI is InChI=1S/C20H23N3O4S/c1-2-23-16-9-12-22(20(24)15-6-5-11-21-14-15)13-10-17(16)27-18-7-3-4-8-19(18)28(23,25)26/h3-8,11,14,16-17H,2,9-10,12-13H2,1H3/t16-,17-/m1/s1. The van der Waals surface area contributed by atoms with Crippen LogP contribution in [-0.2, 0) is 10.0 Å². The van der Waals surface area contributed by atoms with Crippen molar-refractivity contribution in [1.82, 2.24) is 14.2 Å². The second kappa shape index (κ2) is 7.52. The Labute approximate surface area is 165 Å². The fourth-order valence-corrected chi connectivity index (χ4v) is 5.85. The molecule has 1 aromatic carbocycles. The Kier molecular flexibility index (Phi) is 5.07. The predicted octanol–water partition coefficient (Wildman–Crippen LogP) is 2.16. The van der Waals surface area contributed by atoms with Gasteiger partial charge in [-0.1, -0.05) is 19.1 Å². The summed E-state index contributed by atoms with van der Waals surface area (Å²) in [6.07, 6.45) is 3.98. The Morgan fingerprint density at radius 2 is 1.96 bits per heavy atom. The summed E-state index contributed by atoms with van der Waals surface area (Å²) in [4.78, 5) is 18.8. The number of ether oxygens (including phenoxy) is 1. The van der Waals surface area contributed by atoms with Gasteiger partial charge in [0.2, 0.25) is 10.0 Å². The van der Waals surface area contributed by atoms with E-state index in [0.29, 0.717) is 43.8 Å². The van der Waals surface area contributed by atoms with Crippen LogP contribution in [0.1, 0.15) is 30.1 Å². The van der Waals surface area contributed by atoms with Gasteiger partial charge in [-0.2, -0.15) is 4.31 Å². The van der Waals surface area contributed by atoms with Crippen molar-refractivity contribution in [3.63, 3.8) is 0 Å². The number of nitrogens with zero attached hydrogens (tertiary/aromatic N) is 3. The van der Waals surface area contributed by atoms with Crippen LogP contribution in [0.4, 0.5) is 0 Å². The maximum Gasteiger partial charge on any atom is 0.255 e. The Bertz CT molecular complexity index is 964. The van der Waals surface area contributed by atoms with Crippen molar-refractivity contribution in [2.24, 2.45) is 0 Å². The van der Waals surface area contributed by atoms with Gasteiger partial charge in [0.25, 0.3) is 5.91 Å².